The molecular weight excluding hydrogens is 332 g/mol. The Kier molecular flexibility index (Phi) is 5.52. The van der Waals surface area contributed by atoms with Crippen molar-refractivity contribution in [1.29, 1.82) is 0 Å². The minimum absolute atomic E-state index is 0.0110. The van der Waals surface area contributed by atoms with E-state index in [9.17, 15) is 4.79 Å². The molecule has 1 spiro atoms. The number of hydrogen-bond donors (Lipinski definition) is 2. The largest absolute Gasteiger partial charge is 0.373 e. The Balaban J connectivity index is 1.25. The molecule has 1 aliphatic carbocycles. The van der Waals surface area contributed by atoms with Gasteiger partial charge < -0.3 is 15.4 Å². The molecule has 1 amide bonds. The van der Waals surface area contributed by atoms with Crippen LogP contribution in [0.15, 0.2) is 6.20 Å². The minimum Gasteiger partial charge on any atom is -0.373 e. The number of nitrogens with zero attached hydrogens (tertiary/aromatic N) is 4. The number of aromatic nitrogens is 3. The molecule has 0 bridgehead atoms. The van der Waals surface area contributed by atoms with Crippen molar-refractivity contribution in [1.82, 2.24) is 30.5 Å². The third-order valence-corrected chi connectivity index (χ3v) is 5.94. The van der Waals surface area contributed by atoms with E-state index >= 15 is 0 Å². The Hall–Kier alpha value is -1.51. The van der Waals surface area contributed by atoms with E-state index in [0.717, 1.165) is 58.5 Å². The lowest BCUT2D eigenvalue weighted by molar-refractivity contribution is -0.0246. The molecule has 1 unspecified atom stereocenters. The number of carbonyl (C=O) groups is 1. The molecule has 3 fully saturated rings. The average molecular weight is 362 g/mol. The Bertz CT molecular complexity index is 607. The van der Waals surface area contributed by atoms with Crippen LogP contribution >= 0.6 is 0 Å². The van der Waals surface area contributed by atoms with Gasteiger partial charge in [0.2, 0.25) is 0 Å². The third-order valence-electron chi connectivity index (χ3n) is 5.94. The van der Waals surface area contributed by atoms with Gasteiger partial charge in [-0.2, -0.15) is 0 Å². The lowest BCUT2D eigenvalue weighted by Crippen LogP contribution is -2.44. The van der Waals surface area contributed by atoms with Crippen molar-refractivity contribution >= 4 is 5.91 Å². The molecule has 2 aliphatic heterocycles. The molecule has 2 N–H and O–H groups in total. The van der Waals surface area contributed by atoms with Crippen LogP contribution in [-0.2, 0) is 11.3 Å². The molecule has 8 nitrogen and oxygen atoms in total. The molecule has 0 aromatic carbocycles. The third kappa shape index (κ3) is 4.24. The van der Waals surface area contributed by atoms with E-state index in [2.05, 4.69) is 25.8 Å². The summed E-state index contributed by atoms with van der Waals surface area (Å²) in [5.41, 5.74) is 0.409. The van der Waals surface area contributed by atoms with E-state index in [0.29, 0.717) is 12.3 Å². The number of nitrogens with one attached hydrogen (secondary N) is 2. The standard InChI is InChI=1S/C18H30N6O2/c25-17(20-15-12-18(26-14-15)4-2-1-3-5-18)16-13-24(22-21-16)11-10-23-8-6-19-7-9-23/h13,15,19H,1-12,14H2,(H,20,25). The highest BCUT2D eigenvalue weighted by atomic mass is 16.5. The topological polar surface area (TPSA) is 84.3 Å². The molecule has 144 valence electrons. The van der Waals surface area contributed by atoms with Gasteiger partial charge >= 0.3 is 0 Å². The van der Waals surface area contributed by atoms with Crippen LogP contribution < -0.4 is 10.6 Å². The maximum Gasteiger partial charge on any atom is 0.273 e. The normalized spacial score (nSPS) is 26.2. The van der Waals surface area contributed by atoms with Crippen molar-refractivity contribution in [2.75, 3.05) is 39.3 Å². The van der Waals surface area contributed by atoms with Crippen LogP contribution in [0.5, 0.6) is 0 Å². The second kappa shape index (κ2) is 8.02. The fraction of sp³-hybridized carbons (Fsp3) is 0.833. The van der Waals surface area contributed by atoms with Crippen LogP contribution in [0.4, 0.5) is 0 Å². The van der Waals surface area contributed by atoms with E-state index < -0.39 is 0 Å². The van der Waals surface area contributed by atoms with Crippen molar-refractivity contribution in [3.8, 4) is 0 Å². The zero-order chi connectivity index (χ0) is 17.8. The number of carbonyl (C=O) groups excluding carboxylic acids is 1. The summed E-state index contributed by atoms with van der Waals surface area (Å²) < 4.78 is 7.84. The summed E-state index contributed by atoms with van der Waals surface area (Å²) in [4.78, 5) is 14.9. The van der Waals surface area contributed by atoms with E-state index in [1.165, 1.54) is 19.3 Å². The molecule has 26 heavy (non-hydrogen) atoms. The molecule has 2 saturated heterocycles. The predicted octanol–water partition coefficient (Wildman–Crippen LogP) is 0.405. The van der Waals surface area contributed by atoms with E-state index in [4.69, 9.17) is 4.74 Å². The summed E-state index contributed by atoms with van der Waals surface area (Å²) in [5, 5.41) is 14.6. The Morgan fingerprint density at radius 3 is 2.88 bits per heavy atom. The Morgan fingerprint density at radius 2 is 2.08 bits per heavy atom. The van der Waals surface area contributed by atoms with E-state index in [1.54, 1.807) is 10.9 Å². The van der Waals surface area contributed by atoms with Crippen LogP contribution in [-0.4, -0.2) is 76.8 Å². The van der Waals surface area contributed by atoms with Crippen molar-refractivity contribution in [2.24, 2.45) is 0 Å². The number of ether oxygens (including phenoxy) is 1. The molecule has 1 aromatic heterocycles. The van der Waals surface area contributed by atoms with Crippen molar-refractivity contribution < 1.29 is 9.53 Å². The number of amides is 1. The van der Waals surface area contributed by atoms with E-state index in [1.807, 2.05) is 0 Å². The second-order valence-electron chi connectivity index (χ2n) is 7.89. The zero-order valence-electron chi connectivity index (χ0n) is 15.5. The fourth-order valence-corrected chi connectivity index (χ4v) is 4.43. The van der Waals surface area contributed by atoms with Crippen molar-refractivity contribution in [3.05, 3.63) is 11.9 Å². The molecule has 3 heterocycles. The molecule has 0 radical (unpaired) electrons. The van der Waals surface area contributed by atoms with E-state index in [-0.39, 0.29) is 17.6 Å². The van der Waals surface area contributed by atoms with Crippen molar-refractivity contribution in [2.45, 2.75) is 56.7 Å². The highest BCUT2D eigenvalue weighted by Gasteiger charge is 2.41. The molecule has 4 rings (SSSR count). The molecule has 1 aromatic rings. The van der Waals surface area contributed by atoms with Crippen LogP contribution in [0.3, 0.4) is 0 Å². The van der Waals surface area contributed by atoms with Gasteiger partial charge in [-0.25, -0.2) is 0 Å². The van der Waals surface area contributed by atoms with Crippen LogP contribution in [0.25, 0.3) is 0 Å². The summed E-state index contributed by atoms with van der Waals surface area (Å²) in [5.74, 6) is -0.139. The zero-order valence-corrected chi connectivity index (χ0v) is 15.5. The smallest absolute Gasteiger partial charge is 0.273 e. The van der Waals surface area contributed by atoms with Gasteiger partial charge in [0.15, 0.2) is 5.69 Å². The lowest BCUT2D eigenvalue weighted by Gasteiger charge is -2.32. The summed E-state index contributed by atoms with van der Waals surface area (Å²) in [6, 6.07) is 0.0894. The number of piperazine rings is 1. The summed E-state index contributed by atoms with van der Waals surface area (Å²) in [6.45, 7) is 6.51. The first-order valence-electron chi connectivity index (χ1n) is 10.0. The quantitative estimate of drug-likeness (QED) is 0.789. The van der Waals surface area contributed by atoms with Gasteiger partial charge in [-0.15, -0.1) is 5.10 Å². The first-order valence-corrected chi connectivity index (χ1v) is 10.0. The van der Waals surface area contributed by atoms with Crippen LogP contribution in [0, 0.1) is 0 Å². The highest BCUT2D eigenvalue weighted by Crippen LogP contribution is 2.39. The van der Waals surface area contributed by atoms with Crippen LogP contribution in [0.2, 0.25) is 0 Å². The summed E-state index contributed by atoms with van der Waals surface area (Å²) in [7, 11) is 0. The fourth-order valence-electron chi connectivity index (χ4n) is 4.43. The molecule has 1 atom stereocenters. The average Bonchev–Trinajstić information content (AvgIpc) is 3.29. The number of hydrogen-bond acceptors (Lipinski definition) is 6. The number of rotatable bonds is 5. The van der Waals surface area contributed by atoms with Gasteiger partial charge in [-0.1, -0.05) is 24.5 Å². The van der Waals surface area contributed by atoms with Crippen LogP contribution in [0.1, 0.15) is 49.0 Å². The lowest BCUT2D eigenvalue weighted by atomic mass is 9.82. The Morgan fingerprint density at radius 1 is 1.27 bits per heavy atom. The first kappa shape index (κ1) is 17.9. The SMILES string of the molecule is O=C(NC1COC2(CCCCC2)C1)c1cn(CCN2CCNCC2)nn1. The van der Waals surface area contributed by atoms with Gasteiger partial charge in [-0.05, 0) is 19.3 Å². The van der Waals surface area contributed by atoms with Gasteiger partial charge in [0.25, 0.3) is 5.91 Å². The monoisotopic (exact) mass is 362 g/mol. The maximum absolute atomic E-state index is 12.5. The molecule has 8 heteroatoms. The minimum atomic E-state index is -0.139. The molecule has 1 saturated carbocycles. The molecular formula is C18H30N6O2. The van der Waals surface area contributed by atoms with Gasteiger partial charge in [-0.3, -0.25) is 14.4 Å². The second-order valence-corrected chi connectivity index (χ2v) is 7.89. The summed E-state index contributed by atoms with van der Waals surface area (Å²) in [6.07, 6.45) is 8.71. The van der Waals surface area contributed by atoms with Gasteiger partial charge in [0, 0.05) is 32.7 Å². The Labute approximate surface area is 154 Å². The molecule has 3 aliphatic rings. The van der Waals surface area contributed by atoms with Crippen molar-refractivity contribution in [3.63, 3.8) is 0 Å². The highest BCUT2D eigenvalue weighted by molar-refractivity contribution is 5.92. The first-order chi connectivity index (χ1) is 12.7. The predicted molar refractivity (Wildman–Crippen MR) is 97.0 cm³/mol. The van der Waals surface area contributed by atoms with Gasteiger partial charge in [0.05, 0.1) is 31.0 Å². The maximum atomic E-state index is 12.5. The summed E-state index contributed by atoms with van der Waals surface area (Å²) >= 11 is 0. The van der Waals surface area contributed by atoms with Gasteiger partial charge in [0.1, 0.15) is 0 Å².